The van der Waals surface area contributed by atoms with Gasteiger partial charge in [-0.3, -0.25) is 0 Å². The lowest BCUT2D eigenvalue weighted by Crippen LogP contribution is -2.40. The smallest absolute Gasteiger partial charge is 0.0644 e. The highest BCUT2D eigenvalue weighted by molar-refractivity contribution is 4.76. The maximum atomic E-state index is 5.86. The number of methoxy groups -OCH3 is 1. The number of ether oxygens (including phenoxy) is 2. The van der Waals surface area contributed by atoms with Crippen LogP contribution in [0.25, 0.3) is 0 Å². The molecule has 84 valence electrons. The van der Waals surface area contributed by atoms with Gasteiger partial charge in [-0.1, -0.05) is 0 Å². The highest BCUT2D eigenvalue weighted by atomic mass is 16.5. The summed E-state index contributed by atoms with van der Waals surface area (Å²) < 4.78 is 11.1. The summed E-state index contributed by atoms with van der Waals surface area (Å²) in [7, 11) is 1.78. The fourth-order valence-corrected chi connectivity index (χ4v) is 1.80. The van der Waals surface area contributed by atoms with Crippen LogP contribution in [0.15, 0.2) is 0 Å². The molecule has 1 aliphatic rings. The monoisotopic (exact) mass is 201 g/mol. The zero-order valence-corrected chi connectivity index (χ0v) is 9.58. The summed E-state index contributed by atoms with van der Waals surface area (Å²) in [5, 5.41) is 0. The Morgan fingerprint density at radius 1 is 1.29 bits per heavy atom. The molecule has 0 amide bonds. The summed E-state index contributed by atoms with van der Waals surface area (Å²) in [5.41, 5.74) is 5.64. The van der Waals surface area contributed by atoms with Crippen molar-refractivity contribution in [3.05, 3.63) is 0 Å². The van der Waals surface area contributed by atoms with Gasteiger partial charge in [0.1, 0.15) is 0 Å². The predicted octanol–water partition coefficient (Wildman–Crippen LogP) is 1.70. The van der Waals surface area contributed by atoms with E-state index in [1.54, 1.807) is 7.11 Å². The Morgan fingerprint density at radius 2 is 1.93 bits per heavy atom. The summed E-state index contributed by atoms with van der Waals surface area (Å²) in [6, 6.07) is 0. The third-order valence-corrected chi connectivity index (χ3v) is 2.60. The standard InChI is InChI=1S/C11H23NO2/c1-11(2,12)8-14-10-6-4-5-9(7-10)13-3/h9-10H,4-8,12H2,1-3H3. The van der Waals surface area contributed by atoms with Crippen molar-refractivity contribution in [2.75, 3.05) is 13.7 Å². The molecule has 1 aliphatic carbocycles. The highest BCUT2D eigenvalue weighted by Gasteiger charge is 2.23. The Kier molecular flexibility index (Phi) is 4.35. The lowest BCUT2D eigenvalue weighted by atomic mass is 9.94. The predicted molar refractivity (Wildman–Crippen MR) is 57.3 cm³/mol. The summed E-state index contributed by atoms with van der Waals surface area (Å²) >= 11 is 0. The van der Waals surface area contributed by atoms with Gasteiger partial charge in [-0.15, -0.1) is 0 Å². The van der Waals surface area contributed by atoms with Gasteiger partial charge in [0.25, 0.3) is 0 Å². The minimum absolute atomic E-state index is 0.222. The van der Waals surface area contributed by atoms with Crippen LogP contribution in [0.4, 0.5) is 0 Å². The molecule has 0 radical (unpaired) electrons. The number of nitrogens with two attached hydrogens (primary N) is 1. The fourth-order valence-electron chi connectivity index (χ4n) is 1.80. The first-order valence-corrected chi connectivity index (χ1v) is 5.44. The maximum Gasteiger partial charge on any atom is 0.0644 e. The minimum Gasteiger partial charge on any atom is -0.381 e. The van der Waals surface area contributed by atoms with Gasteiger partial charge in [-0.2, -0.15) is 0 Å². The van der Waals surface area contributed by atoms with Crippen molar-refractivity contribution >= 4 is 0 Å². The lowest BCUT2D eigenvalue weighted by Gasteiger charge is -2.30. The van der Waals surface area contributed by atoms with Gasteiger partial charge < -0.3 is 15.2 Å². The topological polar surface area (TPSA) is 44.5 Å². The molecule has 0 spiro atoms. The van der Waals surface area contributed by atoms with Crippen LogP contribution >= 0.6 is 0 Å². The Balaban J connectivity index is 2.24. The fraction of sp³-hybridized carbons (Fsp3) is 1.00. The molecule has 0 heterocycles. The van der Waals surface area contributed by atoms with E-state index in [9.17, 15) is 0 Å². The molecule has 3 heteroatoms. The van der Waals surface area contributed by atoms with Crippen molar-refractivity contribution in [2.45, 2.75) is 57.3 Å². The maximum absolute atomic E-state index is 5.86. The Hall–Kier alpha value is -0.120. The van der Waals surface area contributed by atoms with Crippen LogP contribution in [0.1, 0.15) is 39.5 Å². The number of hydrogen-bond acceptors (Lipinski definition) is 3. The van der Waals surface area contributed by atoms with Crippen molar-refractivity contribution in [1.29, 1.82) is 0 Å². The molecule has 1 saturated carbocycles. The number of rotatable bonds is 4. The molecule has 2 atom stereocenters. The minimum atomic E-state index is -0.222. The van der Waals surface area contributed by atoms with Gasteiger partial charge in [0, 0.05) is 12.6 Å². The molecule has 2 unspecified atom stereocenters. The molecule has 0 aromatic carbocycles. The first kappa shape index (κ1) is 12.0. The molecule has 0 aliphatic heterocycles. The van der Waals surface area contributed by atoms with Crippen LogP contribution in [-0.4, -0.2) is 31.5 Å². The molecule has 0 aromatic rings. The molecule has 0 bridgehead atoms. The molecule has 14 heavy (non-hydrogen) atoms. The first-order chi connectivity index (χ1) is 6.51. The summed E-state index contributed by atoms with van der Waals surface area (Å²) in [6.45, 7) is 4.61. The third-order valence-electron chi connectivity index (χ3n) is 2.60. The number of hydrogen-bond donors (Lipinski definition) is 1. The highest BCUT2D eigenvalue weighted by Crippen LogP contribution is 2.23. The van der Waals surface area contributed by atoms with Crippen molar-refractivity contribution in [3.63, 3.8) is 0 Å². The Bertz CT molecular complexity index is 165. The van der Waals surface area contributed by atoms with Crippen LogP contribution in [0.2, 0.25) is 0 Å². The van der Waals surface area contributed by atoms with E-state index in [1.807, 2.05) is 13.8 Å². The zero-order valence-electron chi connectivity index (χ0n) is 9.58. The average molecular weight is 201 g/mol. The lowest BCUT2D eigenvalue weighted by molar-refractivity contribution is -0.0404. The summed E-state index contributed by atoms with van der Waals surface area (Å²) in [6.07, 6.45) is 5.27. The molecule has 3 nitrogen and oxygen atoms in total. The van der Waals surface area contributed by atoms with E-state index in [-0.39, 0.29) is 5.54 Å². The van der Waals surface area contributed by atoms with E-state index in [1.165, 1.54) is 12.8 Å². The van der Waals surface area contributed by atoms with Crippen molar-refractivity contribution in [3.8, 4) is 0 Å². The second-order valence-electron chi connectivity index (χ2n) is 4.95. The van der Waals surface area contributed by atoms with E-state index in [0.29, 0.717) is 18.8 Å². The molecule has 0 saturated heterocycles. The quantitative estimate of drug-likeness (QED) is 0.753. The Labute approximate surface area is 86.9 Å². The van der Waals surface area contributed by atoms with Gasteiger partial charge in [0.15, 0.2) is 0 Å². The van der Waals surface area contributed by atoms with E-state index >= 15 is 0 Å². The van der Waals surface area contributed by atoms with Crippen LogP contribution in [-0.2, 0) is 9.47 Å². The Morgan fingerprint density at radius 3 is 2.50 bits per heavy atom. The van der Waals surface area contributed by atoms with E-state index in [0.717, 1.165) is 12.8 Å². The second kappa shape index (κ2) is 5.10. The SMILES string of the molecule is COC1CCCC(OCC(C)(C)N)C1. The largest absolute Gasteiger partial charge is 0.381 e. The third kappa shape index (κ3) is 4.40. The summed E-state index contributed by atoms with van der Waals surface area (Å²) in [5.74, 6) is 0. The van der Waals surface area contributed by atoms with Crippen molar-refractivity contribution < 1.29 is 9.47 Å². The van der Waals surface area contributed by atoms with Crippen LogP contribution in [0.5, 0.6) is 0 Å². The second-order valence-corrected chi connectivity index (χ2v) is 4.95. The van der Waals surface area contributed by atoms with Crippen molar-refractivity contribution in [2.24, 2.45) is 5.73 Å². The van der Waals surface area contributed by atoms with E-state index in [2.05, 4.69) is 0 Å². The average Bonchev–Trinajstić information content (AvgIpc) is 2.14. The van der Waals surface area contributed by atoms with Gasteiger partial charge in [0.2, 0.25) is 0 Å². The van der Waals surface area contributed by atoms with E-state index in [4.69, 9.17) is 15.2 Å². The van der Waals surface area contributed by atoms with Crippen LogP contribution < -0.4 is 5.73 Å². The molecular formula is C11H23NO2. The van der Waals surface area contributed by atoms with E-state index < -0.39 is 0 Å². The van der Waals surface area contributed by atoms with Gasteiger partial charge in [-0.25, -0.2) is 0 Å². The summed E-state index contributed by atoms with van der Waals surface area (Å²) in [4.78, 5) is 0. The first-order valence-electron chi connectivity index (χ1n) is 5.44. The van der Waals surface area contributed by atoms with Crippen LogP contribution in [0.3, 0.4) is 0 Å². The van der Waals surface area contributed by atoms with Crippen LogP contribution in [0, 0.1) is 0 Å². The molecular weight excluding hydrogens is 178 g/mol. The molecule has 2 N–H and O–H groups in total. The molecule has 0 aromatic heterocycles. The molecule has 1 rings (SSSR count). The van der Waals surface area contributed by atoms with Gasteiger partial charge in [-0.05, 0) is 39.5 Å². The zero-order chi connectivity index (χ0) is 10.6. The van der Waals surface area contributed by atoms with Crippen molar-refractivity contribution in [1.82, 2.24) is 0 Å². The molecule has 1 fully saturated rings. The normalized spacial score (nSPS) is 29.1. The van der Waals surface area contributed by atoms with Gasteiger partial charge >= 0.3 is 0 Å². The van der Waals surface area contributed by atoms with Gasteiger partial charge in [0.05, 0.1) is 18.8 Å².